The van der Waals surface area contributed by atoms with Crippen molar-refractivity contribution in [1.82, 2.24) is 9.73 Å². The van der Waals surface area contributed by atoms with Gasteiger partial charge in [-0.15, -0.1) is 11.3 Å². The van der Waals surface area contributed by atoms with Gasteiger partial charge in [0.05, 0.1) is 16.6 Å². The average molecular weight is 338 g/mol. The van der Waals surface area contributed by atoms with Crippen LogP contribution in [0.5, 0.6) is 0 Å². The van der Waals surface area contributed by atoms with Crippen LogP contribution in [0.4, 0.5) is 0 Å². The molecule has 0 aliphatic carbocycles. The molecule has 1 aromatic heterocycles. The molecule has 0 bridgehead atoms. The van der Waals surface area contributed by atoms with Crippen molar-refractivity contribution in [2.75, 3.05) is 19.3 Å². The second-order valence-corrected chi connectivity index (χ2v) is 8.96. The van der Waals surface area contributed by atoms with E-state index in [1.807, 2.05) is 12.1 Å². The van der Waals surface area contributed by atoms with Gasteiger partial charge in [0.2, 0.25) is 10.0 Å². The molecule has 2 atom stereocenters. The number of nitrogens with one attached hydrogen (secondary N) is 1. The SMILES string of the molecule is CS(=O)(=O)N1CCCC(CC(NN)c2ccc(Cl)s2)C1. The van der Waals surface area contributed by atoms with Crippen LogP contribution in [0.15, 0.2) is 12.1 Å². The Morgan fingerprint density at radius 1 is 1.60 bits per heavy atom. The highest BCUT2D eigenvalue weighted by molar-refractivity contribution is 7.88. The van der Waals surface area contributed by atoms with Gasteiger partial charge in [-0.2, -0.15) is 0 Å². The van der Waals surface area contributed by atoms with E-state index in [9.17, 15) is 8.42 Å². The Bertz CT molecular complexity index is 547. The lowest BCUT2D eigenvalue weighted by Crippen LogP contribution is -2.40. The van der Waals surface area contributed by atoms with Crippen molar-refractivity contribution in [3.63, 3.8) is 0 Å². The molecule has 0 radical (unpaired) electrons. The highest BCUT2D eigenvalue weighted by atomic mass is 35.5. The normalized spacial score (nSPS) is 22.9. The minimum atomic E-state index is -3.10. The van der Waals surface area contributed by atoms with Crippen LogP contribution in [-0.4, -0.2) is 32.1 Å². The van der Waals surface area contributed by atoms with Gasteiger partial charge < -0.3 is 0 Å². The quantitative estimate of drug-likeness (QED) is 0.636. The van der Waals surface area contributed by atoms with Gasteiger partial charge in [0.25, 0.3) is 0 Å². The zero-order valence-electron chi connectivity index (χ0n) is 11.4. The molecule has 0 saturated carbocycles. The van der Waals surface area contributed by atoms with Gasteiger partial charge >= 0.3 is 0 Å². The Labute approximate surface area is 129 Å². The van der Waals surface area contributed by atoms with Crippen LogP contribution in [0.3, 0.4) is 0 Å². The molecule has 1 aromatic rings. The molecule has 0 amide bonds. The number of hydrazine groups is 1. The van der Waals surface area contributed by atoms with Crippen LogP contribution < -0.4 is 11.3 Å². The largest absolute Gasteiger partial charge is 0.271 e. The van der Waals surface area contributed by atoms with Crippen molar-refractivity contribution in [3.8, 4) is 0 Å². The molecule has 3 N–H and O–H groups in total. The maximum absolute atomic E-state index is 11.6. The van der Waals surface area contributed by atoms with E-state index in [0.717, 1.165) is 28.5 Å². The third-order valence-corrected chi connectivity index (χ3v) is 6.27. The van der Waals surface area contributed by atoms with Gasteiger partial charge in [0.1, 0.15) is 0 Å². The molecule has 1 saturated heterocycles. The number of rotatable bonds is 5. The maximum Gasteiger partial charge on any atom is 0.211 e. The van der Waals surface area contributed by atoms with Gasteiger partial charge in [-0.25, -0.2) is 12.7 Å². The van der Waals surface area contributed by atoms with E-state index in [0.29, 0.717) is 19.0 Å². The van der Waals surface area contributed by atoms with Crippen LogP contribution >= 0.6 is 22.9 Å². The summed E-state index contributed by atoms with van der Waals surface area (Å²) in [6.45, 7) is 1.21. The number of hydrogen-bond donors (Lipinski definition) is 2. The number of piperidine rings is 1. The molecule has 1 aliphatic rings. The lowest BCUT2D eigenvalue weighted by Gasteiger charge is -2.32. The molecular formula is C12H20ClN3O2S2. The third-order valence-electron chi connectivity index (χ3n) is 3.66. The van der Waals surface area contributed by atoms with Gasteiger partial charge in [0.15, 0.2) is 0 Å². The minimum Gasteiger partial charge on any atom is -0.271 e. The summed E-state index contributed by atoms with van der Waals surface area (Å²) >= 11 is 7.46. The summed E-state index contributed by atoms with van der Waals surface area (Å²) in [6.07, 6.45) is 4.02. The third kappa shape index (κ3) is 4.16. The Hall–Kier alpha value is -0.180. The van der Waals surface area contributed by atoms with Crippen LogP contribution in [0.2, 0.25) is 4.34 Å². The highest BCUT2D eigenvalue weighted by Crippen LogP contribution is 2.32. The van der Waals surface area contributed by atoms with Gasteiger partial charge in [-0.05, 0) is 37.3 Å². The summed E-state index contributed by atoms with van der Waals surface area (Å²) in [4.78, 5) is 1.09. The molecule has 2 unspecified atom stereocenters. The van der Waals surface area contributed by atoms with E-state index in [-0.39, 0.29) is 6.04 Å². The second kappa shape index (κ2) is 6.72. The number of halogens is 1. The van der Waals surface area contributed by atoms with Crippen LogP contribution in [0.1, 0.15) is 30.2 Å². The molecule has 1 aliphatic heterocycles. The molecule has 20 heavy (non-hydrogen) atoms. The Balaban J connectivity index is 2.01. The summed E-state index contributed by atoms with van der Waals surface area (Å²) in [5, 5.41) is 0. The van der Waals surface area contributed by atoms with Crippen LogP contribution in [0.25, 0.3) is 0 Å². The summed E-state index contributed by atoms with van der Waals surface area (Å²) in [5.74, 6) is 5.95. The summed E-state index contributed by atoms with van der Waals surface area (Å²) in [6, 6.07) is 3.85. The lowest BCUT2D eigenvalue weighted by molar-refractivity contribution is 0.239. The molecule has 0 spiro atoms. The number of sulfonamides is 1. The predicted octanol–water partition coefficient (Wildman–Crippen LogP) is 1.97. The predicted molar refractivity (Wildman–Crippen MR) is 83.2 cm³/mol. The molecule has 0 aromatic carbocycles. The van der Waals surface area contributed by atoms with Crippen molar-refractivity contribution in [2.45, 2.75) is 25.3 Å². The van der Waals surface area contributed by atoms with Gasteiger partial charge in [0, 0.05) is 18.0 Å². The molecule has 114 valence electrons. The number of nitrogens with zero attached hydrogens (tertiary/aromatic N) is 1. The molecule has 2 rings (SSSR count). The topological polar surface area (TPSA) is 75.4 Å². The van der Waals surface area contributed by atoms with E-state index in [4.69, 9.17) is 17.4 Å². The Morgan fingerprint density at radius 2 is 2.35 bits per heavy atom. The van der Waals surface area contributed by atoms with Gasteiger partial charge in [-0.3, -0.25) is 11.3 Å². The van der Waals surface area contributed by atoms with Crippen LogP contribution in [-0.2, 0) is 10.0 Å². The van der Waals surface area contributed by atoms with Crippen molar-refractivity contribution in [1.29, 1.82) is 0 Å². The molecular weight excluding hydrogens is 318 g/mol. The monoisotopic (exact) mass is 337 g/mol. The second-order valence-electron chi connectivity index (χ2n) is 5.23. The van der Waals surface area contributed by atoms with E-state index >= 15 is 0 Å². The van der Waals surface area contributed by atoms with Crippen molar-refractivity contribution in [3.05, 3.63) is 21.3 Å². The molecule has 5 nitrogen and oxygen atoms in total. The molecule has 1 fully saturated rings. The maximum atomic E-state index is 11.6. The summed E-state index contributed by atoms with van der Waals surface area (Å²) in [7, 11) is -3.10. The fourth-order valence-corrected chi connectivity index (χ4v) is 4.71. The van der Waals surface area contributed by atoms with E-state index in [1.54, 1.807) is 4.31 Å². The number of nitrogens with two attached hydrogens (primary N) is 1. The zero-order valence-corrected chi connectivity index (χ0v) is 13.8. The fourth-order valence-electron chi connectivity index (χ4n) is 2.64. The molecule has 8 heteroatoms. The fraction of sp³-hybridized carbons (Fsp3) is 0.667. The Morgan fingerprint density at radius 3 is 2.90 bits per heavy atom. The first-order valence-corrected chi connectivity index (χ1v) is 9.61. The summed E-state index contributed by atoms with van der Waals surface area (Å²) < 4.78 is 25.6. The first-order valence-electron chi connectivity index (χ1n) is 6.56. The van der Waals surface area contributed by atoms with Crippen molar-refractivity contribution in [2.24, 2.45) is 11.8 Å². The van der Waals surface area contributed by atoms with Crippen LogP contribution in [0, 0.1) is 5.92 Å². The Kier molecular flexibility index (Phi) is 5.44. The number of hydrogen-bond acceptors (Lipinski definition) is 5. The summed E-state index contributed by atoms with van der Waals surface area (Å²) in [5.41, 5.74) is 2.82. The first kappa shape index (κ1) is 16.2. The van der Waals surface area contributed by atoms with Crippen molar-refractivity contribution < 1.29 is 8.42 Å². The van der Waals surface area contributed by atoms with E-state index in [2.05, 4.69) is 5.43 Å². The average Bonchev–Trinajstić information content (AvgIpc) is 2.82. The standard InChI is InChI=1S/C12H20ClN3O2S2/c1-20(17,18)16-6-2-3-9(8-16)7-10(15-14)11-4-5-12(13)19-11/h4-5,9-10,15H,2-3,6-8,14H2,1H3. The molecule has 2 heterocycles. The van der Waals surface area contributed by atoms with Gasteiger partial charge in [-0.1, -0.05) is 11.6 Å². The van der Waals surface area contributed by atoms with Crippen molar-refractivity contribution >= 4 is 33.0 Å². The lowest BCUT2D eigenvalue weighted by atomic mass is 9.92. The van der Waals surface area contributed by atoms with E-state index < -0.39 is 10.0 Å². The van der Waals surface area contributed by atoms with E-state index in [1.165, 1.54) is 17.6 Å². The number of thiophene rings is 1. The minimum absolute atomic E-state index is 0.0250. The zero-order chi connectivity index (χ0) is 14.8. The smallest absolute Gasteiger partial charge is 0.211 e. The highest BCUT2D eigenvalue weighted by Gasteiger charge is 2.28. The first-order chi connectivity index (χ1) is 9.40.